The average Bonchev–Trinajstić information content (AvgIpc) is 3.36. The third-order valence-electron chi connectivity index (χ3n) is 4.90. The van der Waals surface area contributed by atoms with Crippen molar-refractivity contribution in [2.45, 2.75) is 12.1 Å². The molecular formula is C20H13F6N7O2. The van der Waals surface area contributed by atoms with E-state index >= 15 is 0 Å². The molecule has 0 aliphatic heterocycles. The molecule has 35 heavy (non-hydrogen) atoms. The van der Waals surface area contributed by atoms with Gasteiger partial charge in [-0.1, -0.05) is 0 Å². The molecule has 4 rings (SSSR count). The fraction of sp³-hybridized carbons (Fsp3) is 0.150. The van der Waals surface area contributed by atoms with Gasteiger partial charge < -0.3 is 11.1 Å². The zero-order chi connectivity index (χ0) is 25.7. The molecule has 15 heteroatoms. The molecular weight excluding hydrogens is 484 g/mol. The lowest BCUT2D eigenvalue weighted by Crippen LogP contribution is -2.36. The third kappa shape index (κ3) is 4.15. The summed E-state index contributed by atoms with van der Waals surface area (Å²) >= 11 is 0. The summed E-state index contributed by atoms with van der Waals surface area (Å²) in [5, 5.41) is 9.59. The second-order valence-electron chi connectivity index (χ2n) is 7.25. The number of alkyl halides is 5. The van der Waals surface area contributed by atoms with Crippen molar-refractivity contribution in [3.05, 3.63) is 65.5 Å². The van der Waals surface area contributed by atoms with Gasteiger partial charge in [-0.05, 0) is 30.3 Å². The molecule has 0 aliphatic rings. The van der Waals surface area contributed by atoms with Gasteiger partial charge in [0.05, 0.1) is 17.6 Å². The number of amides is 2. The normalized spacial score (nSPS) is 12.2. The summed E-state index contributed by atoms with van der Waals surface area (Å²) < 4.78 is 83.0. The zero-order valence-electron chi connectivity index (χ0n) is 17.4. The SMILES string of the molecule is Cn1ncc(NC(=O)c2cc3nc(-c4ccc(F)cc4)cc(C(F)(F)C(F)(F)F)n3n2)c1C(N)=O. The number of hydrogen-bond acceptors (Lipinski definition) is 5. The van der Waals surface area contributed by atoms with Crippen LogP contribution in [0.5, 0.6) is 0 Å². The highest BCUT2D eigenvalue weighted by atomic mass is 19.4. The van der Waals surface area contributed by atoms with Crippen LogP contribution in [0.15, 0.2) is 42.6 Å². The highest BCUT2D eigenvalue weighted by molar-refractivity contribution is 6.07. The van der Waals surface area contributed by atoms with Crippen molar-refractivity contribution < 1.29 is 35.9 Å². The number of fused-ring (bicyclic) bond motifs is 1. The van der Waals surface area contributed by atoms with Crippen molar-refractivity contribution in [3.63, 3.8) is 0 Å². The van der Waals surface area contributed by atoms with Crippen LogP contribution in [0.2, 0.25) is 0 Å². The van der Waals surface area contributed by atoms with E-state index in [1.807, 2.05) is 0 Å². The van der Waals surface area contributed by atoms with E-state index in [2.05, 4.69) is 20.5 Å². The van der Waals surface area contributed by atoms with Crippen LogP contribution < -0.4 is 11.1 Å². The van der Waals surface area contributed by atoms with Crippen molar-refractivity contribution in [1.82, 2.24) is 24.4 Å². The Labute approximate surface area is 191 Å². The predicted molar refractivity (Wildman–Crippen MR) is 108 cm³/mol. The average molecular weight is 497 g/mol. The second-order valence-corrected chi connectivity index (χ2v) is 7.25. The van der Waals surface area contributed by atoms with E-state index < -0.39 is 46.8 Å². The summed E-state index contributed by atoms with van der Waals surface area (Å²) in [5.41, 5.74) is 1.88. The number of rotatable bonds is 5. The Morgan fingerprint density at radius 2 is 1.71 bits per heavy atom. The Morgan fingerprint density at radius 1 is 1.06 bits per heavy atom. The summed E-state index contributed by atoms with van der Waals surface area (Å²) in [6.07, 6.45) is -4.91. The van der Waals surface area contributed by atoms with Gasteiger partial charge in [0, 0.05) is 18.7 Å². The van der Waals surface area contributed by atoms with Crippen molar-refractivity contribution in [3.8, 4) is 11.3 Å². The van der Waals surface area contributed by atoms with Crippen LogP contribution in [0.3, 0.4) is 0 Å². The Morgan fingerprint density at radius 3 is 2.31 bits per heavy atom. The Balaban J connectivity index is 1.85. The van der Waals surface area contributed by atoms with Crippen molar-refractivity contribution in [2.75, 3.05) is 5.32 Å². The van der Waals surface area contributed by atoms with E-state index in [0.717, 1.165) is 41.2 Å². The van der Waals surface area contributed by atoms with Crippen LogP contribution in [-0.2, 0) is 13.0 Å². The van der Waals surface area contributed by atoms with Crippen molar-refractivity contribution in [2.24, 2.45) is 12.8 Å². The van der Waals surface area contributed by atoms with Gasteiger partial charge >= 0.3 is 12.1 Å². The van der Waals surface area contributed by atoms with Gasteiger partial charge in [-0.2, -0.15) is 32.1 Å². The summed E-state index contributed by atoms with van der Waals surface area (Å²) in [5.74, 6) is -8.04. The molecule has 4 aromatic rings. The lowest BCUT2D eigenvalue weighted by atomic mass is 10.1. The maximum absolute atomic E-state index is 14.4. The van der Waals surface area contributed by atoms with E-state index in [1.54, 1.807) is 0 Å². The first kappa shape index (κ1) is 23.7. The number of primary amides is 1. The lowest BCUT2D eigenvalue weighted by molar-refractivity contribution is -0.291. The molecule has 3 aromatic heterocycles. The van der Waals surface area contributed by atoms with Crippen LogP contribution in [0.4, 0.5) is 32.0 Å². The van der Waals surface area contributed by atoms with Gasteiger partial charge in [-0.3, -0.25) is 14.3 Å². The first-order chi connectivity index (χ1) is 16.3. The van der Waals surface area contributed by atoms with E-state index in [9.17, 15) is 35.9 Å². The number of hydrogen-bond donors (Lipinski definition) is 2. The van der Waals surface area contributed by atoms with Crippen LogP contribution in [0.1, 0.15) is 26.7 Å². The Kier molecular flexibility index (Phi) is 5.49. The number of nitrogens with zero attached hydrogens (tertiary/aromatic N) is 5. The molecule has 0 saturated carbocycles. The van der Waals surface area contributed by atoms with Gasteiger partial charge in [0.15, 0.2) is 11.3 Å². The molecule has 0 aliphatic carbocycles. The number of benzene rings is 1. The maximum Gasteiger partial charge on any atom is 0.459 e. The molecule has 1 aromatic carbocycles. The minimum Gasteiger partial charge on any atom is -0.364 e. The Hall–Kier alpha value is -4.43. The molecule has 0 radical (unpaired) electrons. The molecule has 3 N–H and O–H groups in total. The summed E-state index contributed by atoms with van der Waals surface area (Å²) in [6.45, 7) is 0. The molecule has 182 valence electrons. The number of anilines is 1. The summed E-state index contributed by atoms with van der Waals surface area (Å²) in [7, 11) is 1.37. The standard InChI is InChI=1S/C20H13F6N7O2/c1-32-16(17(27)34)13(8-28-32)30-18(35)12-7-15-29-11(9-2-4-10(21)5-3-9)6-14(33(15)31-12)19(22,23)20(24,25)26/h2-8H,1H3,(H2,27,34)(H,30,35). The summed E-state index contributed by atoms with van der Waals surface area (Å²) in [6, 6.07) is 5.56. The monoisotopic (exact) mass is 497 g/mol. The zero-order valence-corrected chi connectivity index (χ0v) is 17.4. The molecule has 9 nitrogen and oxygen atoms in total. The van der Waals surface area contributed by atoms with E-state index in [0.29, 0.717) is 6.07 Å². The molecule has 2 amide bonds. The quantitative estimate of drug-likeness (QED) is 0.410. The molecule has 0 bridgehead atoms. The molecule has 3 heterocycles. The second kappa shape index (κ2) is 8.11. The molecule has 0 saturated heterocycles. The highest BCUT2D eigenvalue weighted by Gasteiger charge is 2.60. The number of carbonyl (C=O) groups is 2. The van der Waals surface area contributed by atoms with Crippen LogP contribution >= 0.6 is 0 Å². The van der Waals surface area contributed by atoms with Crippen LogP contribution in [0, 0.1) is 5.82 Å². The maximum atomic E-state index is 14.4. The molecule has 0 atom stereocenters. The number of nitrogens with one attached hydrogen (secondary N) is 1. The first-order valence-corrected chi connectivity index (χ1v) is 9.54. The van der Waals surface area contributed by atoms with Crippen LogP contribution in [-0.4, -0.2) is 42.4 Å². The van der Waals surface area contributed by atoms with Gasteiger partial charge in [0.25, 0.3) is 11.8 Å². The largest absolute Gasteiger partial charge is 0.459 e. The minimum absolute atomic E-state index is 0.0433. The third-order valence-corrected chi connectivity index (χ3v) is 4.90. The number of carbonyl (C=O) groups excluding carboxylic acids is 2. The Bertz CT molecular complexity index is 1460. The molecule has 0 fully saturated rings. The van der Waals surface area contributed by atoms with E-state index in [1.165, 1.54) is 7.05 Å². The number of aryl methyl sites for hydroxylation is 1. The van der Waals surface area contributed by atoms with Gasteiger partial charge in [-0.25, -0.2) is 13.9 Å². The first-order valence-electron chi connectivity index (χ1n) is 9.54. The smallest absolute Gasteiger partial charge is 0.364 e. The van der Waals surface area contributed by atoms with Crippen molar-refractivity contribution >= 4 is 23.1 Å². The van der Waals surface area contributed by atoms with Gasteiger partial charge in [-0.15, -0.1) is 0 Å². The number of nitrogens with two attached hydrogens (primary N) is 1. The van der Waals surface area contributed by atoms with E-state index in [-0.39, 0.29) is 27.2 Å². The number of halogens is 6. The topological polar surface area (TPSA) is 120 Å². The molecule has 0 unspecified atom stereocenters. The van der Waals surface area contributed by atoms with Gasteiger partial charge in [0.2, 0.25) is 0 Å². The summed E-state index contributed by atoms with van der Waals surface area (Å²) in [4.78, 5) is 28.2. The minimum atomic E-state index is -6.00. The number of aromatic nitrogens is 5. The van der Waals surface area contributed by atoms with E-state index in [4.69, 9.17) is 5.73 Å². The fourth-order valence-electron chi connectivity index (χ4n) is 3.23. The van der Waals surface area contributed by atoms with Gasteiger partial charge in [0.1, 0.15) is 17.2 Å². The van der Waals surface area contributed by atoms with Crippen molar-refractivity contribution in [1.29, 1.82) is 0 Å². The lowest BCUT2D eigenvalue weighted by Gasteiger charge is -2.21. The van der Waals surface area contributed by atoms with Crippen LogP contribution in [0.25, 0.3) is 16.9 Å². The predicted octanol–water partition coefficient (Wildman–Crippen LogP) is 3.27. The fourth-order valence-corrected chi connectivity index (χ4v) is 3.23. The highest BCUT2D eigenvalue weighted by Crippen LogP contribution is 2.44. The molecule has 0 spiro atoms.